The largest absolute Gasteiger partial charge is 0.508 e. The molecule has 2 aromatic rings. The zero-order chi connectivity index (χ0) is 17.7. The van der Waals surface area contributed by atoms with E-state index in [-0.39, 0.29) is 12.2 Å². The van der Waals surface area contributed by atoms with Crippen molar-refractivity contribution in [3.63, 3.8) is 0 Å². The van der Waals surface area contributed by atoms with E-state index in [9.17, 15) is 15.0 Å². The summed E-state index contributed by atoms with van der Waals surface area (Å²) in [6.07, 6.45) is 0.212. The Morgan fingerprint density at radius 3 is 2.00 bits per heavy atom. The fourth-order valence-electron chi connectivity index (χ4n) is 2.53. The molecule has 0 saturated heterocycles. The van der Waals surface area contributed by atoms with E-state index >= 15 is 0 Å². The van der Waals surface area contributed by atoms with Gasteiger partial charge in [0.15, 0.2) is 11.5 Å². The third-order valence-corrected chi connectivity index (χ3v) is 3.80. The molecular formula is C18H20O6. The lowest BCUT2D eigenvalue weighted by Crippen LogP contribution is -2.15. The molecular weight excluding hydrogens is 312 g/mol. The number of hydrogen-bond donors (Lipinski definition) is 2. The third kappa shape index (κ3) is 3.71. The van der Waals surface area contributed by atoms with Crippen molar-refractivity contribution in [1.29, 1.82) is 0 Å². The van der Waals surface area contributed by atoms with Gasteiger partial charge < -0.3 is 24.4 Å². The van der Waals surface area contributed by atoms with Crippen LogP contribution in [0.4, 0.5) is 0 Å². The van der Waals surface area contributed by atoms with Crippen LogP contribution in [-0.2, 0) is 11.2 Å². The molecule has 0 heterocycles. The average Bonchev–Trinajstić information content (AvgIpc) is 2.59. The van der Waals surface area contributed by atoms with Gasteiger partial charge in [0.05, 0.1) is 27.2 Å². The van der Waals surface area contributed by atoms with Gasteiger partial charge in [0.1, 0.15) is 11.5 Å². The third-order valence-electron chi connectivity index (χ3n) is 3.80. The van der Waals surface area contributed by atoms with Crippen LogP contribution in [0, 0.1) is 0 Å². The first kappa shape index (κ1) is 17.5. The van der Waals surface area contributed by atoms with Crippen molar-refractivity contribution in [1.82, 2.24) is 0 Å². The van der Waals surface area contributed by atoms with E-state index in [1.54, 1.807) is 24.3 Å². The van der Waals surface area contributed by atoms with E-state index in [4.69, 9.17) is 14.2 Å². The van der Waals surface area contributed by atoms with E-state index in [2.05, 4.69) is 0 Å². The van der Waals surface area contributed by atoms with Crippen LogP contribution in [0.2, 0.25) is 0 Å². The maximum absolute atomic E-state index is 11.7. The zero-order valence-corrected chi connectivity index (χ0v) is 13.8. The summed E-state index contributed by atoms with van der Waals surface area (Å²) in [6.45, 7) is 0. The molecule has 0 radical (unpaired) electrons. The van der Waals surface area contributed by atoms with Crippen molar-refractivity contribution >= 4 is 5.97 Å². The molecule has 0 fully saturated rings. The highest BCUT2D eigenvalue weighted by molar-refractivity contribution is 5.77. The van der Waals surface area contributed by atoms with Crippen LogP contribution >= 0.6 is 0 Å². The topological polar surface area (TPSA) is 85.2 Å². The van der Waals surface area contributed by atoms with Gasteiger partial charge in [-0.25, -0.2) is 0 Å². The van der Waals surface area contributed by atoms with E-state index in [1.807, 2.05) is 0 Å². The molecule has 0 bridgehead atoms. The molecule has 0 aliphatic heterocycles. The number of carboxylic acid groups (broad SMARTS) is 1. The molecule has 24 heavy (non-hydrogen) atoms. The minimum atomic E-state index is -0.961. The second-order valence-electron chi connectivity index (χ2n) is 5.21. The van der Waals surface area contributed by atoms with Crippen LogP contribution in [0.3, 0.4) is 0 Å². The summed E-state index contributed by atoms with van der Waals surface area (Å²) in [7, 11) is 4.55. The first-order valence-corrected chi connectivity index (χ1v) is 7.30. The van der Waals surface area contributed by atoms with Crippen LogP contribution in [-0.4, -0.2) is 37.5 Å². The van der Waals surface area contributed by atoms with Gasteiger partial charge in [0.25, 0.3) is 0 Å². The second-order valence-corrected chi connectivity index (χ2v) is 5.21. The molecule has 0 aliphatic carbocycles. The number of hydrogen-bond acceptors (Lipinski definition) is 5. The molecule has 2 N–H and O–H groups in total. The Labute approximate surface area is 140 Å². The molecule has 0 aliphatic rings. The molecule has 6 nitrogen and oxygen atoms in total. The lowest BCUT2D eigenvalue weighted by Gasteiger charge is -2.17. The maximum atomic E-state index is 11.7. The number of aromatic hydroxyl groups is 1. The van der Waals surface area contributed by atoms with E-state index in [0.717, 1.165) is 0 Å². The molecule has 2 rings (SSSR count). The molecule has 1 unspecified atom stereocenters. The predicted molar refractivity (Wildman–Crippen MR) is 88.3 cm³/mol. The summed E-state index contributed by atoms with van der Waals surface area (Å²) < 4.78 is 15.9. The molecule has 0 amide bonds. The van der Waals surface area contributed by atoms with E-state index in [0.29, 0.717) is 28.4 Å². The van der Waals surface area contributed by atoms with Crippen molar-refractivity contribution < 1.29 is 29.2 Å². The standard InChI is InChI=1S/C18H20O6/c1-22-15-10-17(24-3)16(23-2)9-12(15)8-14(18(20)21)11-4-6-13(19)7-5-11/h4-7,9-10,14,19H,8H2,1-3H3,(H,20,21). The summed E-state index contributed by atoms with van der Waals surface area (Å²) in [4.78, 5) is 11.7. The number of methoxy groups -OCH3 is 3. The fraction of sp³-hybridized carbons (Fsp3) is 0.278. The summed E-state index contributed by atoms with van der Waals surface area (Å²) >= 11 is 0. The summed E-state index contributed by atoms with van der Waals surface area (Å²) in [6, 6.07) is 9.52. The van der Waals surface area contributed by atoms with Crippen molar-refractivity contribution in [3.05, 3.63) is 47.5 Å². The van der Waals surface area contributed by atoms with Gasteiger partial charge in [-0.15, -0.1) is 0 Å². The van der Waals surface area contributed by atoms with Crippen molar-refractivity contribution in [2.24, 2.45) is 0 Å². The van der Waals surface area contributed by atoms with Gasteiger partial charge in [-0.3, -0.25) is 4.79 Å². The predicted octanol–water partition coefficient (Wildman–Crippen LogP) is 2.83. The minimum absolute atomic E-state index is 0.0894. The molecule has 1 atom stereocenters. The Bertz CT molecular complexity index is 708. The first-order valence-electron chi connectivity index (χ1n) is 7.30. The Morgan fingerprint density at radius 1 is 0.958 bits per heavy atom. The van der Waals surface area contributed by atoms with Gasteiger partial charge in [-0.05, 0) is 35.7 Å². The number of rotatable bonds is 7. The number of carbonyl (C=O) groups is 1. The maximum Gasteiger partial charge on any atom is 0.311 e. The highest BCUT2D eigenvalue weighted by Crippen LogP contribution is 2.37. The lowest BCUT2D eigenvalue weighted by molar-refractivity contribution is -0.138. The number of phenolic OH excluding ortho intramolecular Hbond substituents is 1. The van der Waals surface area contributed by atoms with Crippen LogP contribution in [0.15, 0.2) is 36.4 Å². The number of benzene rings is 2. The Morgan fingerprint density at radius 2 is 1.50 bits per heavy atom. The van der Waals surface area contributed by atoms with E-state index < -0.39 is 11.9 Å². The number of aliphatic carboxylic acids is 1. The molecule has 0 saturated carbocycles. The second kappa shape index (κ2) is 7.59. The summed E-state index contributed by atoms with van der Waals surface area (Å²) in [5.41, 5.74) is 1.28. The van der Waals surface area contributed by atoms with Crippen molar-refractivity contribution in [2.75, 3.05) is 21.3 Å². The molecule has 2 aromatic carbocycles. The van der Waals surface area contributed by atoms with Gasteiger partial charge in [-0.2, -0.15) is 0 Å². The lowest BCUT2D eigenvalue weighted by atomic mass is 9.91. The van der Waals surface area contributed by atoms with Crippen molar-refractivity contribution in [3.8, 4) is 23.0 Å². The van der Waals surface area contributed by atoms with Gasteiger partial charge in [0.2, 0.25) is 0 Å². The SMILES string of the molecule is COc1cc(OC)c(OC)cc1CC(C(=O)O)c1ccc(O)cc1. The molecule has 0 aromatic heterocycles. The Kier molecular flexibility index (Phi) is 5.52. The molecule has 6 heteroatoms. The molecule has 0 spiro atoms. The number of phenols is 1. The summed E-state index contributed by atoms with van der Waals surface area (Å²) in [5.74, 6) is -0.114. The average molecular weight is 332 g/mol. The zero-order valence-electron chi connectivity index (χ0n) is 13.8. The van der Waals surface area contributed by atoms with Gasteiger partial charge in [-0.1, -0.05) is 12.1 Å². The van der Waals surface area contributed by atoms with Gasteiger partial charge >= 0.3 is 5.97 Å². The van der Waals surface area contributed by atoms with Crippen LogP contribution in [0.1, 0.15) is 17.0 Å². The highest BCUT2D eigenvalue weighted by atomic mass is 16.5. The van der Waals surface area contributed by atoms with Crippen LogP contribution in [0.25, 0.3) is 0 Å². The smallest absolute Gasteiger partial charge is 0.311 e. The Balaban J connectivity index is 2.42. The van der Waals surface area contributed by atoms with Crippen molar-refractivity contribution in [2.45, 2.75) is 12.3 Å². The summed E-state index contributed by atoms with van der Waals surface area (Å²) in [5, 5.41) is 19.0. The van der Waals surface area contributed by atoms with Crippen LogP contribution in [0.5, 0.6) is 23.0 Å². The first-order chi connectivity index (χ1) is 11.5. The Hall–Kier alpha value is -2.89. The number of carboxylic acids is 1. The minimum Gasteiger partial charge on any atom is -0.508 e. The molecule has 128 valence electrons. The quantitative estimate of drug-likeness (QED) is 0.811. The highest BCUT2D eigenvalue weighted by Gasteiger charge is 2.23. The van der Waals surface area contributed by atoms with Gasteiger partial charge in [0, 0.05) is 6.07 Å². The number of ether oxygens (including phenoxy) is 3. The monoisotopic (exact) mass is 332 g/mol. The van der Waals surface area contributed by atoms with E-state index in [1.165, 1.54) is 33.5 Å². The van der Waals surface area contributed by atoms with Crippen LogP contribution < -0.4 is 14.2 Å². The fourth-order valence-corrected chi connectivity index (χ4v) is 2.53. The normalized spacial score (nSPS) is 11.6.